The number of allylic oxidation sites excluding steroid dienone is 8. The number of aliphatic carboxylic acids is 1. The zero-order valence-corrected chi connectivity index (χ0v) is 16.1. The summed E-state index contributed by atoms with van der Waals surface area (Å²) in [7, 11) is 0. The number of carboxylic acid groups (broad SMARTS) is 1. The Morgan fingerprint density at radius 1 is 0.704 bits per heavy atom. The van der Waals surface area contributed by atoms with Crippen molar-refractivity contribution in [1.29, 1.82) is 0 Å². The van der Waals surface area contributed by atoms with E-state index in [1.54, 1.807) is 0 Å². The van der Waals surface area contributed by atoms with Crippen molar-refractivity contribution in [2.24, 2.45) is 0 Å². The zero-order chi connectivity index (χ0) is 20.0. The second-order valence-corrected chi connectivity index (χ2v) is 6.11. The van der Waals surface area contributed by atoms with Crippen molar-refractivity contribution in [3.63, 3.8) is 0 Å². The number of aldehydes is 1. The van der Waals surface area contributed by atoms with Crippen LogP contribution in [-0.2, 0) is 14.4 Å². The Hall–Kier alpha value is -2.43. The van der Waals surface area contributed by atoms with E-state index < -0.39 is 5.97 Å². The van der Waals surface area contributed by atoms with E-state index in [0.717, 1.165) is 57.7 Å². The predicted molar refractivity (Wildman–Crippen MR) is 109 cm³/mol. The van der Waals surface area contributed by atoms with Gasteiger partial charge in [-0.05, 0) is 51.4 Å². The monoisotopic (exact) mass is 375 g/mol. The highest BCUT2D eigenvalue weighted by atomic mass is 16.4. The lowest BCUT2D eigenvalue weighted by atomic mass is 10.2. The third-order valence-electron chi connectivity index (χ3n) is 3.64. The quantitative estimate of drug-likeness (QED) is 0.222. The normalized spacial score (nSPS) is 11.9. The molecule has 0 aliphatic carbocycles. The Bertz CT molecular complexity index is 518. The molecule has 0 aliphatic rings. The summed E-state index contributed by atoms with van der Waals surface area (Å²) in [6.45, 7) is -0.313. The predicted octanol–water partition coefficient (Wildman–Crippen LogP) is 4.51. The molecule has 0 saturated heterocycles. The molecule has 0 atom stereocenters. The molecular weight excluding hydrogens is 342 g/mol. The second kappa shape index (κ2) is 19.9. The van der Waals surface area contributed by atoms with Gasteiger partial charge in [-0.3, -0.25) is 9.59 Å². The summed E-state index contributed by atoms with van der Waals surface area (Å²) < 4.78 is 0. The van der Waals surface area contributed by atoms with E-state index in [0.29, 0.717) is 12.8 Å². The maximum absolute atomic E-state index is 11.3. The fraction of sp³-hybridized carbons (Fsp3) is 0.500. The molecule has 2 N–H and O–H groups in total. The molecule has 0 saturated carbocycles. The maximum Gasteiger partial charge on any atom is 0.322 e. The van der Waals surface area contributed by atoms with Crippen molar-refractivity contribution in [2.75, 3.05) is 6.54 Å². The van der Waals surface area contributed by atoms with Gasteiger partial charge in [0, 0.05) is 12.8 Å². The summed E-state index contributed by atoms with van der Waals surface area (Å²) in [5.74, 6) is -1.24. The van der Waals surface area contributed by atoms with Gasteiger partial charge in [-0.2, -0.15) is 0 Å². The highest BCUT2D eigenvalue weighted by Gasteiger charge is 2.02. The van der Waals surface area contributed by atoms with Gasteiger partial charge in [0.2, 0.25) is 5.91 Å². The Morgan fingerprint density at radius 3 is 1.70 bits per heavy atom. The van der Waals surface area contributed by atoms with Gasteiger partial charge in [-0.1, -0.05) is 48.6 Å². The summed E-state index contributed by atoms with van der Waals surface area (Å²) in [4.78, 5) is 31.7. The number of amides is 1. The fourth-order valence-electron chi connectivity index (χ4n) is 2.18. The minimum absolute atomic E-state index is 0.217. The van der Waals surface area contributed by atoms with E-state index >= 15 is 0 Å². The molecule has 5 nitrogen and oxygen atoms in total. The maximum atomic E-state index is 11.3. The number of nitrogens with one attached hydrogen (secondary N) is 1. The first-order chi connectivity index (χ1) is 13.2. The first-order valence-electron chi connectivity index (χ1n) is 9.69. The molecule has 0 aromatic rings. The standard InChI is InChI=1S/C22H33NO4/c24-19-17-15-13-11-9-7-5-3-1-2-4-6-8-10-12-14-16-18-21(25)23-20-22(26)27/h1,3-4,6-7,9-10,12,19H,2,5,8,11,13-18,20H2,(H,23,25)(H,26,27)/b3-1-,6-4-,9-7-,12-10-. The molecule has 0 spiro atoms. The number of carbonyl (C=O) groups excluding carboxylic acids is 2. The smallest absolute Gasteiger partial charge is 0.322 e. The van der Waals surface area contributed by atoms with Crippen molar-refractivity contribution >= 4 is 18.2 Å². The summed E-state index contributed by atoms with van der Waals surface area (Å²) in [5.41, 5.74) is 0. The number of carboxylic acids is 1. The SMILES string of the molecule is O=CCCCC/C=C\C/C=C\C/C=C\C/C=C\CCCC(=O)NCC(=O)O. The molecule has 27 heavy (non-hydrogen) atoms. The van der Waals surface area contributed by atoms with Crippen LogP contribution >= 0.6 is 0 Å². The molecule has 0 fully saturated rings. The minimum atomic E-state index is -1.02. The molecule has 0 aliphatic heterocycles. The number of hydrogen-bond acceptors (Lipinski definition) is 3. The summed E-state index contributed by atoms with van der Waals surface area (Å²) in [6, 6.07) is 0. The van der Waals surface area contributed by atoms with Gasteiger partial charge in [-0.25, -0.2) is 0 Å². The van der Waals surface area contributed by atoms with Gasteiger partial charge >= 0.3 is 5.97 Å². The molecule has 0 rings (SSSR count). The molecule has 0 bridgehead atoms. The van der Waals surface area contributed by atoms with Crippen LogP contribution in [0.5, 0.6) is 0 Å². The van der Waals surface area contributed by atoms with Crippen LogP contribution in [-0.4, -0.2) is 29.8 Å². The second-order valence-electron chi connectivity index (χ2n) is 6.11. The van der Waals surface area contributed by atoms with Crippen molar-refractivity contribution < 1.29 is 19.5 Å². The molecule has 0 heterocycles. The van der Waals surface area contributed by atoms with Crippen molar-refractivity contribution in [2.45, 2.75) is 64.2 Å². The zero-order valence-electron chi connectivity index (χ0n) is 16.1. The first kappa shape index (κ1) is 24.6. The third-order valence-corrected chi connectivity index (χ3v) is 3.64. The van der Waals surface area contributed by atoms with E-state index in [4.69, 9.17) is 5.11 Å². The van der Waals surface area contributed by atoms with Crippen molar-refractivity contribution in [3.05, 3.63) is 48.6 Å². The minimum Gasteiger partial charge on any atom is -0.480 e. The van der Waals surface area contributed by atoms with Gasteiger partial charge < -0.3 is 15.2 Å². The molecule has 0 aromatic carbocycles. The fourth-order valence-corrected chi connectivity index (χ4v) is 2.18. The lowest BCUT2D eigenvalue weighted by molar-refractivity contribution is -0.137. The van der Waals surface area contributed by atoms with Gasteiger partial charge in [0.05, 0.1) is 0 Å². The van der Waals surface area contributed by atoms with E-state index in [2.05, 4.69) is 47.8 Å². The van der Waals surface area contributed by atoms with Gasteiger partial charge in [-0.15, -0.1) is 0 Å². The Labute approximate surface area is 162 Å². The number of rotatable bonds is 17. The lowest BCUT2D eigenvalue weighted by Crippen LogP contribution is -2.28. The topological polar surface area (TPSA) is 83.5 Å². The molecule has 0 aromatic heterocycles. The summed E-state index contributed by atoms with van der Waals surface area (Å²) in [5, 5.41) is 10.8. The van der Waals surface area contributed by atoms with Crippen LogP contribution in [0.1, 0.15) is 64.2 Å². The highest BCUT2D eigenvalue weighted by Crippen LogP contribution is 2.01. The molecule has 5 heteroatoms. The Kier molecular flexibility index (Phi) is 18.1. The van der Waals surface area contributed by atoms with E-state index in [1.165, 1.54) is 0 Å². The van der Waals surface area contributed by atoms with Crippen molar-refractivity contribution in [1.82, 2.24) is 5.32 Å². The van der Waals surface area contributed by atoms with Crippen LogP contribution in [0.15, 0.2) is 48.6 Å². The number of hydrogen-bond donors (Lipinski definition) is 2. The van der Waals surface area contributed by atoms with Crippen LogP contribution in [0.4, 0.5) is 0 Å². The average Bonchev–Trinajstić information content (AvgIpc) is 2.65. The number of unbranched alkanes of at least 4 members (excludes halogenated alkanes) is 4. The van der Waals surface area contributed by atoms with Crippen molar-refractivity contribution in [3.8, 4) is 0 Å². The largest absolute Gasteiger partial charge is 0.480 e. The van der Waals surface area contributed by atoms with Gasteiger partial charge in [0.1, 0.15) is 12.8 Å². The Balaban J connectivity index is 3.49. The molecule has 0 radical (unpaired) electrons. The van der Waals surface area contributed by atoms with Crippen LogP contribution in [0.25, 0.3) is 0 Å². The summed E-state index contributed by atoms with van der Waals surface area (Å²) >= 11 is 0. The Morgan fingerprint density at radius 2 is 1.19 bits per heavy atom. The van der Waals surface area contributed by atoms with Gasteiger partial charge in [0.25, 0.3) is 0 Å². The lowest BCUT2D eigenvalue weighted by Gasteiger charge is -2.00. The molecule has 150 valence electrons. The highest BCUT2D eigenvalue weighted by molar-refractivity contribution is 5.80. The van der Waals surface area contributed by atoms with Crippen LogP contribution < -0.4 is 5.32 Å². The number of carbonyl (C=O) groups is 3. The first-order valence-corrected chi connectivity index (χ1v) is 9.69. The third kappa shape index (κ3) is 21.5. The van der Waals surface area contributed by atoms with Crippen LogP contribution in [0.2, 0.25) is 0 Å². The molecule has 0 unspecified atom stereocenters. The van der Waals surface area contributed by atoms with E-state index in [1.807, 2.05) is 6.08 Å². The average molecular weight is 376 g/mol. The molecular formula is C22H33NO4. The van der Waals surface area contributed by atoms with Crippen LogP contribution in [0.3, 0.4) is 0 Å². The van der Waals surface area contributed by atoms with E-state index in [-0.39, 0.29) is 12.5 Å². The van der Waals surface area contributed by atoms with E-state index in [9.17, 15) is 14.4 Å². The van der Waals surface area contributed by atoms with Crippen LogP contribution in [0, 0.1) is 0 Å². The van der Waals surface area contributed by atoms with Gasteiger partial charge in [0.15, 0.2) is 0 Å². The summed E-state index contributed by atoms with van der Waals surface area (Å²) in [6.07, 6.45) is 26.4. The molecule has 1 amide bonds.